The van der Waals surface area contributed by atoms with E-state index in [0.29, 0.717) is 0 Å². The Morgan fingerprint density at radius 2 is 1.46 bits per heavy atom. The number of hydrogen-bond acceptors (Lipinski definition) is 3. The zero-order chi connectivity index (χ0) is 16.8. The minimum atomic E-state index is -0.583. The van der Waals surface area contributed by atoms with Crippen LogP contribution in [0, 0.1) is 0 Å². The Balaban J connectivity index is 1.97. The first kappa shape index (κ1) is 16.9. The van der Waals surface area contributed by atoms with E-state index >= 15 is 0 Å². The minimum Gasteiger partial charge on any atom is -0.379 e. The van der Waals surface area contributed by atoms with Gasteiger partial charge in [0.25, 0.3) is 0 Å². The third kappa shape index (κ3) is 3.42. The number of ketones is 1. The van der Waals surface area contributed by atoms with Gasteiger partial charge < -0.3 is 4.74 Å². The Morgan fingerprint density at radius 1 is 0.958 bits per heavy atom. The molecule has 0 aliphatic carbocycles. The number of morpholine rings is 1. The van der Waals surface area contributed by atoms with Gasteiger partial charge in [0, 0.05) is 13.1 Å². The lowest BCUT2D eigenvalue weighted by Gasteiger charge is -2.36. The molecule has 0 atom stereocenters. The number of carbonyl (C=O) groups excluding carboxylic acids is 1. The summed E-state index contributed by atoms with van der Waals surface area (Å²) in [6.07, 6.45) is 0.788. The van der Waals surface area contributed by atoms with Crippen molar-refractivity contribution in [1.82, 2.24) is 4.90 Å². The second-order valence-corrected chi connectivity index (χ2v) is 6.40. The van der Waals surface area contributed by atoms with Crippen molar-refractivity contribution in [2.45, 2.75) is 18.8 Å². The first-order chi connectivity index (χ1) is 11.7. The van der Waals surface area contributed by atoms with Crippen molar-refractivity contribution in [3.63, 3.8) is 0 Å². The highest BCUT2D eigenvalue weighted by molar-refractivity contribution is 5.92. The Labute approximate surface area is 144 Å². The quantitative estimate of drug-likeness (QED) is 0.817. The average Bonchev–Trinajstić information content (AvgIpc) is 2.65. The number of Topliss-reactive ketones (excluding diaryl/α,β-unsaturated/α-hetero) is 1. The predicted octanol–water partition coefficient (Wildman–Crippen LogP) is 3.28. The van der Waals surface area contributed by atoms with Crippen LogP contribution >= 0.6 is 0 Å². The summed E-state index contributed by atoms with van der Waals surface area (Å²) in [5.41, 5.74) is 1.58. The van der Waals surface area contributed by atoms with E-state index in [0.717, 1.165) is 50.4 Å². The summed E-state index contributed by atoms with van der Waals surface area (Å²) in [6, 6.07) is 20.4. The van der Waals surface area contributed by atoms with Gasteiger partial charge in [-0.2, -0.15) is 0 Å². The van der Waals surface area contributed by atoms with Crippen LogP contribution in [0.4, 0.5) is 0 Å². The summed E-state index contributed by atoms with van der Waals surface area (Å²) < 4.78 is 5.44. The number of carbonyl (C=O) groups is 1. The standard InChI is InChI=1S/C21H25NO2/c1-18(23)21(19-8-4-2-5-9-19,20-10-6-3-7-11-20)12-13-22-14-16-24-17-15-22/h2-11H,12-17H2,1H3. The van der Waals surface area contributed by atoms with Gasteiger partial charge in [-0.25, -0.2) is 0 Å². The summed E-state index contributed by atoms with van der Waals surface area (Å²) >= 11 is 0. The van der Waals surface area contributed by atoms with E-state index in [2.05, 4.69) is 29.2 Å². The van der Waals surface area contributed by atoms with Gasteiger partial charge in [0.1, 0.15) is 5.78 Å². The maximum atomic E-state index is 12.9. The number of benzene rings is 2. The molecular formula is C21H25NO2. The molecule has 1 heterocycles. The molecular weight excluding hydrogens is 298 g/mol. The van der Waals surface area contributed by atoms with E-state index in [4.69, 9.17) is 4.74 Å². The molecule has 3 rings (SSSR count). The molecule has 1 saturated heterocycles. The van der Waals surface area contributed by atoms with E-state index in [9.17, 15) is 4.79 Å². The molecule has 2 aromatic rings. The lowest BCUT2D eigenvalue weighted by atomic mass is 9.69. The van der Waals surface area contributed by atoms with E-state index in [1.54, 1.807) is 6.92 Å². The molecule has 0 saturated carbocycles. The molecule has 126 valence electrons. The first-order valence-corrected chi connectivity index (χ1v) is 8.66. The van der Waals surface area contributed by atoms with Gasteiger partial charge in [-0.05, 0) is 31.0 Å². The molecule has 3 heteroatoms. The molecule has 0 N–H and O–H groups in total. The Bertz CT molecular complexity index is 609. The maximum absolute atomic E-state index is 12.9. The average molecular weight is 323 g/mol. The molecule has 24 heavy (non-hydrogen) atoms. The fourth-order valence-electron chi connectivity index (χ4n) is 3.63. The Morgan fingerprint density at radius 3 is 1.92 bits per heavy atom. The lowest BCUT2D eigenvalue weighted by Crippen LogP contribution is -2.43. The van der Waals surface area contributed by atoms with Crippen molar-refractivity contribution in [2.75, 3.05) is 32.8 Å². The van der Waals surface area contributed by atoms with Gasteiger partial charge in [-0.15, -0.1) is 0 Å². The van der Waals surface area contributed by atoms with Crippen LogP contribution in [0.1, 0.15) is 24.5 Å². The molecule has 0 aromatic heterocycles. The first-order valence-electron chi connectivity index (χ1n) is 8.66. The highest BCUT2D eigenvalue weighted by atomic mass is 16.5. The number of rotatable bonds is 6. The van der Waals surface area contributed by atoms with Crippen molar-refractivity contribution in [3.05, 3.63) is 71.8 Å². The fraction of sp³-hybridized carbons (Fsp3) is 0.381. The second-order valence-electron chi connectivity index (χ2n) is 6.40. The molecule has 3 nitrogen and oxygen atoms in total. The third-order valence-corrected chi connectivity index (χ3v) is 5.04. The summed E-state index contributed by atoms with van der Waals surface area (Å²) in [4.78, 5) is 15.3. The van der Waals surface area contributed by atoms with Gasteiger partial charge >= 0.3 is 0 Å². The molecule has 1 aliphatic rings. The number of ether oxygens (including phenoxy) is 1. The van der Waals surface area contributed by atoms with E-state index in [-0.39, 0.29) is 5.78 Å². The Kier molecular flexibility index (Phi) is 5.44. The summed E-state index contributed by atoms with van der Waals surface area (Å²) in [5, 5.41) is 0. The van der Waals surface area contributed by atoms with Crippen molar-refractivity contribution < 1.29 is 9.53 Å². The van der Waals surface area contributed by atoms with Gasteiger partial charge in [0.05, 0.1) is 18.6 Å². The van der Waals surface area contributed by atoms with Crippen LogP contribution in [0.3, 0.4) is 0 Å². The maximum Gasteiger partial charge on any atom is 0.144 e. The van der Waals surface area contributed by atoms with Crippen molar-refractivity contribution in [1.29, 1.82) is 0 Å². The van der Waals surface area contributed by atoms with Gasteiger partial charge in [0.2, 0.25) is 0 Å². The summed E-state index contributed by atoms with van der Waals surface area (Å²) in [7, 11) is 0. The smallest absolute Gasteiger partial charge is 0.144 e. The molecule has 0 radical (unpaired) electrons. The molecule has 0 amide bonds. The van der Waals surface area contributed by atoms with Gasteiger partial charge in [-0.3, -0.25) is 9.69 Å². The molecule has 0 bridgehead atoms. The Hall–Kier alpha value is -1.97. The number of hydrogen-bond donors (Lipinski definition) is 0. The summed E-state index contributed by atoms with van der Waals surface area (Å²) in [5.74, 6) is 0.202. The zero-order valence-electron chi connectivity index (χ0n) is 14.3. The monoisotopic (exact) mass is 323 g/mol. The lowest BCUT2D eigenvalue weighted by molar-refractivity contribution is -0.121. The molecule has 1 aliphatic heterocycles. The molecule has 1 fully saturated rings. The third-order valence-electron chi connectivity index (χ3n) is 5.04. The van der Waals surface area contributed by atoms with Crippen LogP contribution in [0.25, 0.3) is 0 Å². The van der Waals surface area contributed by atoms with Crippen LogP contribution in [-0.2, 0) is 14.9 Å². The van der Waals surface area contributed by atoms with Crippen molar-refractivity contribution in [3.8, 4) is 0 Å². The zero-order valence-corrected chi connectivity index (χ0v) is 14.3. The van der Waals surface area contributed by atoms with Crippen LogP contribution in [0.15, 0.2) is 60.7 Å². The van der Waals surface area contributed by atoms with Gasteiger partial charge in [-0.1, -0.05) is 60.7 Å². The molecule has 2 aromatic carbocycles. The number of nitrogens with zero attached hydrogens (tertiary/aromatic N) is 1. The van der Waals surface area contributed by atoms with Crippen molar-refractivity contribution in [2.24, 2.45) is 0 Å². The predicted molar refractivity (Wildman–Crippen MR) is 96.2 cm³/mol. The minimum absolute atomic E-state index is 0.202. The normalized spacial score (nSPS) is 16.0. The van der Waals surface area contributed by atoms with E-state index in [1.165, 1.54) is 0 Å². The molecule has 0 unspecified atom stereocenters. The topological polar surface area (TPSA) is 29.5 Å². The summed E-state index contributed by atoms with van der Waals surface area (Å²) in [6.45, 7) is 6.06. The van der Waals surface area contributed by atoms with E-state index in [1.807, 2.05) is 36.4 Å². The van der Waals surface area contributed by atoms with Gasteiger partial charge in [0.15, 0.2) is 0 Å². The van der Waals surface area contributed by atoms with Crippen molar-refractivity contribution >= 4 is 5.78 Å². The van der Waals surface area contributed by atoms with E-state index < -0.39 is 5.41 Å². The van der Waals surface area contributed by atoms with Crippen LogP contribution in [-0.4, -0.2) is 43.5 Å². The fourth-order valence-corrected chi connectivity index (χ4v) is 3.63. The largest absolute Gasteiger partial charge is 0.379 e. The van der Waals surface area contributed by atoms with Crippen LogP contribution in [0.5, 0.6) is 0 Å². The van der Waals surface area contributed by atoms with Crippen LogP contribution in [0.2, 0.25) is 0 Å². The van der Waals surface area contributed by atoms with Crippen LogP contribution < -0.4 is 0 Å². The second kappa shape index (κ2) is 7.73. The SMILES string of the molecule is CC(=O)C(CCN1CCOCC1)(c1ccccc1)c1ccccc1. The molecule has 0 spiro atoms. The highest BCUT2D eigenvalue weighted by Crippen LogP contribution is 2.37. The highest BCUT2D eigenvalue weighted by Gasteiger charge is 2.39.